The van der Waals surface area contributed by atoms with Crippen LogP contribution in [0.5, 0.6) is 5.75 Å². The van der Waals surface area contributed by atoms with Crippen LogP contribution in [0, 0.1) is 12.3 Å². The zero-order valence-corrected chi connectivity index (χ0v) is 16.9. The molecule has 4 heteroatoms. The molecule has 2 aromatic carbocycles. The lowest BCUT2D eigenvalue weighted by atomic mass is 9.92. The number of fused-ring (bicyclic) bond motifs is 1. The van der Waals surface area contributed by atoms with E-state index in [0.29, 0.717) is 6.61 Å². The number of ether oxygens (including phenoxy) is 1. The van der Waals surface area contributed by atoms with Crippen LogP contribution < -0.4 is 17.1 Å². The van der Waals surface area contributed by atoms with Gasteiger partial charge in [0.25, 0.3) is 0 Å². The van der Waals surface area contributed by atoms with Gasteiger partial charge in [0.1, 0.15) is 11.6 Å². The van der Waals surface area contributed by atoms with Gasteiger partial charge < -0.3 is 21.7 Å². The molecule has 0 unspecified atom stereocenters. The predicted octanol–water partition coefficient (Wildman–Crippen LogP) is 2.41. The fraction of sp³-hybridized carbons (Fsp3) is 0.409. The Morgan fingerprint density at radius 1 is 1.00 bits per heavy atom. The minimum absolute atomic E-state index is 0. The lowest BCUT2D eigenvalue weighted by Gasteiger charge is -2.19. The van der Waals surface area contributed by atoms with Crippen LogP contribution in [0.1, 0.15) is 38.6 Å². The van der Waals surface area contributed by atoms with Crippen LogP contribution >= 0.6 is 0 Å². The fourth-order valence-corrected chi connectivity index (χ4v) is 3.03. The molecule has 26 heavy (non-hydrogen) atoms. The van der Waals surface area contributed by atoms with Crippen molar-refractivity contribution in [2.75, 3.05) is 6.61 Å². The molecule has 0 saturated heterocycles. The lowest BCUT2D eigenvalue weighted by molar-refractivity contribution is -0.00000666. The molecule has 0 bridgehead atoms. The molecule has 0 fully saturated rings. The number of benzene rings is 2. The van der Waals surface area contributed by atoms with Crippen molar-refractivity contribution in [1.82, 2.24) is 9.55 Å². The van der Waals surface area contributed by atoms with Gasteiger partial charge in [-0.1, -0.05) is 50.6 Å². The van der Waals surface area contributed by atoms with Gasteiger partial charge in [0.05, 0.1) is 17.6 Å². The first-order valence-corrected chi connectivity index (χ1v) is 9.06. The summed E-state index contributed by atoms with van der Waals surface area (Å²) in [5, 5.41) is 0. The minimum Gasteiger partial charge on any atom is -1.00 e. The van der Waals surface area contributed by atoms with Crippen LogP contribution in [0.2, 0.25) is 0 Å². The van der Waals surface area contributed by atoms with Gasteiger partial charge >= 0.3 is 0 Å². The number of aromatic nitrogens is 2. The van der Waals surface area contributed by atoms with Gasteiger partial charge in [-0.3, -0.25) is 0 Å². The van der Waals surface area contributed by atoms with Crippen LogP contribution in [0.3, 0.4) is 0 Å². The van der Waals surface area contributed by atoms with Gasteiger partial charge in [-0.25, -0.2) is 4.98 Å². The molecule has 0 N–H and O–H groups in total. The van der Waals surface area contributed by atoms with Crippen molar-refractivity contribution in [3.05, 3.63) is 59.9 Å². The number of rotatable bonds is 6. The smallest absolute Gasteiger partial charge is 0.119 e. The highest BCUT2D eigenvalue weighted by molar-refractivity contribution is 5.75. The Bertz CT molecular complexity index is 831. The molecule has 0 amide bonds. The molecule has 0 aliphatic heterocycles. The summed E-state index contributed by atoms with van der Waals surface area (Å²) in [6.07, 6.45) is 1.94. The number of aryl methyl sites for hydroxylation is 2. The summed E-state index contributed by atoms with van der Waals surface area (Å²) < 4.78 is 8.24. The summed E-state index contributed by atoms with van der Waals surface area (Å²) in [7, 11) is 0. The van der Waals surface area contributed by atoms with E-state index in [-0.39, 0.29) is 17.8 Å². The largest absolute Gasteiger partial charge is 1.00 e. The second-order valence-electron chi connectivity index (χ2n) is 7.92. The maximum atomic E-state index is 5.88. The zero-order valence-electron chi connectivity index (χ0n) is 16.1. The average molecular weight is 372 g/mol. The summed E-state index contributed by atoms with van der Waals surface area (Å²) >= 11 is 0. The van der Waals surface area contributed by atoms with Crippen molar-refractivity contribution in [1.29, 1.82) is 0 Å². The van der Waals surface area contributed by atoms with Crippen LogP contribution in [0.4, 0.5) is 0 Å². The molecule has 3 nitrogen and oxygen atoms in total. The molecule has 140 valence electrons. The van der Waals surface area contributed by atoms with Crippen LogP contribution in [-0.4, -0.2) is 16.2 Å². The van der Waals surface area contributed by atoms with Gasteiger partial charge in [-0.15, -0.1) is 0 Å². The van der Waals surface area contributed by atoms with Crippen LogP contribution in [-0.2, 0) is 13.0 Å². The first kappa shape index (κ1) is 20.3. The van der Waals surface area contributed by atoms with Crippen molar-refractivity contribution in [3.63, 3.8) is 0 Å². The van der Waals surface area contributed by atoms with E-state index in [0.717, 1.165) is 30.7 Å². The quantitative estimate of drug-likeness (QED) is 0.622. The topological polar surface area (TPSA) is 27.1 Å². The Morgan fingerprint density at radius 2 is 1.69 bits per heavy atom. The molecule has 3 rings (SSSR count). The highest BCUT2D eigenvalue weighted by Gasteiger charge is 2.17. The van der Waals surface area contributed by atoms with Crippen molar-refractivity contribution in [3.8, 4) is 5.75 Å². The van der Waals surface area contributed by atoms with E-state index in [4.69, 9.17) is 9.72 Å². The third kappa shape index (κ3) is 5.25. The Hall–Kier alpha value is -2.00. The molecule has 0 saturated carbocycles. The average Bonchev–Trinajstić information content (AvgIpc) is 2.88. The Balaban J connectivity index is 0.00000243. The standard InChI is InChI=1S/C22H28N2O.ClH/c1-17-10-12-18(13-11-17)25-15-7-14-24-20-9-6-5-8-19(20)23-21(24)16-22(2,3)4;/h5-6,8-13H,7,14-16H2,1-4H3;1H/p-1. The van der Waals surface area contributed by atoms with Gasteiger partial charge in [0.2, 0.25) is 0 Å². The van der Waals surface area contributed by atoms with E-state index in [9.17, 15) is 0 Å². The first-order valence-electron chi connectivity index (χ1n) is 9.06. The Kier molecular flexibility index (Phi) is 6.71. The molecule has 0 spiro atoms. The van der Waals surface area contributed by atoms with Gasteiger partial charge in [0, 0.05) is 13.0 Å². The van der Waals surface area contributed by atoms with E-state index in [1.54, 1.807) is 0 Å². The maximum Gasteiger partial charge on any atom is 0.119 e. The number of hydrogen-bond acceptors (Lipinski definition) is 2. The highest BCUT2D eigenvalue weighted by Crippen LogP contribution is 2.24. The van der Waals surface area contributed by atoms with E-state index in [1.807, 2.05) is 12.1 Å². The molecule has 1 aromatic heterocycles. The Labute approximate surface area is 162 Å². The lowest BCUT2D eigenvalue weighted by Crippen LogP contribution is -3.00. The van der Waals surface area contributed by atoms with Gasteiger partial charge in [0.15, 0.2) is 0 Å². The molecule has 0 atom stereocenters. The fourth-order valence-electron chi connectivity index (χ4n) is 3.03. The molecule has 1 heterocycles. The van der Waals surface area contributed by atoms with E-state index in [1.165, 1.54) is 16.9 Å². The summed E-state index contributed by atoms with van der Waals surface area (Å²) in [5.74, 6) is 2.11. The Morgan fingerprint density at radius 3 is 2.38 bits per heavy atom. The van der Waals surface area contributed by atoms with Crippen LogP contribution in [0.25, 0.3) is 11.0 Å². The number of halogens is 1. The third-order valence-corrected chi connectivity index (χ3v) is 4.24. The maximum absolute atomic E-state index is 5.88. The van der Waals surface area contributed by atoms with Crippen molar-refractivity contribution < 1.29 is 17.1 Å². The highest BCUT2D eigenvalue weighted by atomic mass is 35.5. The number of imidazole rings is 1. The van der Waals surface area contributed by atoms with E-state index < -0.39 is 0 Å². The monoisotopic (exact) mass is 371 g/mol. The minimum atomic E-state index is 0. The van der Waals surface area contributed by atoms with Gasteiger partial charge in [-0.2, -0.15) is 0 Å². The summed E-state index contributed by atoms with van der Waals surface area (Å²) in [4.78, 5) is 4.87. The number of nitrogens with zero attached hydrogens (tertiary/aromatic N) is 2. The second kappa shape index (κ2) is 8.59. The zero-order chi connectivity index (χ0) is 17.9. The third-order valence-electron chi connectivity index (χ3n) is 4.24. The number of para-hydroxylation sites is 2. The molecule has 0 radical (unpaired) electrons. The summed E-state index contributed by atoms with van der Waals surface area (Å²) in [5.41, 5.74) is 3.78. The molecule has 0 aliphatic rings. The summed E-state index contributed by atoms with van der Waals surface area (Å²) in [6, 6.07) is 16.6. The molecular formula is C22H28ClN2O-. The van der Waals surface area contributed by atoms with E-state index in [2.05, 4.69) is 68.7 Å². The van der Waals surface area contributed by atoms with Crippen LogP contribution in [0.15, 0.2) is 48.5 Å². The SMILES string of the molecule is Cc1ccc(OCCCn2c(CC(C)(C)C)nc3ccccc32)cc1.[Cl-]. The summed E-state index contributed by atoms with van der Waals surface area (Å²) in [6.45, 7) is 10.5. The first-order chi connectivity index (χ1) is 11.9. The van der Waals surface area contributed by atoms with Crippen molar-refractivity contribution >= 4 is 11.0 Å². The predicted molar refractivity (Wildman–Crippen MR) is 104 cm³/mol. The van der Waals surface area contributed by atoms with Gasteiger partial charge in [-0.05, 0) is 43.0 Å². The van der Waals surface area contributed by atoms with E-state index >= 15 is 0 Å². The molecule has 3 aromatic rings. The van der Waals surface area contributed by atoms with Crippen molar-refractivity contribution in [2.24, 2.45) is 5.41 Å². The molecular weight excluding hydrogens is 344 g/mol. The molecule has 0 aliphatic carbocycles. The second-order valence-corrected chi connectivity index (χ2v) is 7.92. The number of hydrogen-bond donors (Lipinski definition) is 0. The normalized spacial score (nSPS) is 11.4. The van der Waals surface area contributed by atoms with Crippen molar-refractivity contribution in [2.45, 2.75) is 47.1 Å².